The third-order valence-corrected chi connectivity index (χ3v) is 3.21. The standard InChI is InChI=1S/C14H13BrO2/c1-8-6-11(15)4-5-12(8)14(16)13-7-9(2)17-10(13)3/h4-7H,1-3H3. The lowest BCUT2D eigenvalue weighted by Crippen LogP contribution is -2.03. The number of rotatable bonds is 2. The minimum Gasteiger partial charge on any atom is -0.466 e. The van der Waals surface area contributed by atoms with Gasteiger partial charge in [-0.15, -0.1) is 0 Å². The highest BCUT2D eigenvalue weighted by Crippen LogP contribution is 2.22. The Balaban J connectivity index is 2.47. The Hall–Kier alpha value is -1.35. The lowest BCUT2D eigenvalue weighted by atomic mass is 9.99. The van der Waals surface area contributed by atoms with Crippen LogP contribution in [0.25, 0.3) is 0 Å². The number of hydrogen-bond donors (Lipinski definition) is 0. The van der Waals surface area contributed by atoms with Gasteiger partial charge in [-0.05, 0) is 50.6 Å². The van der Waals surface area contributed by atoms with Crippen LogP contribution in [0.2, 0.25) is 0 Å². The van der Waals surface area contributed by atoms with Gasteiger partial charge in [0.05, 0.1) is 5.56 Å². The molecule has 0 fully saturated rings. The van der Waals surface area contributed by atoms with E-state index >= 15 is 0 Å². The van der Waals surface area contributed by atoms with Crippen molar-refractivity contribution in [3.63, 3.8) is 0 Å². The molecule has 0 bridgehead atoms. The Morgan fingerprint density at radius 1 is 1.12 bits per heavy atom. The van der Waals surface area contributed by atoms with Gasteiger partial charge in [0.25, 0.3) is 0 Å². The first-order valence-electron chi connectivity index (χ1n) is 5.37. The monoisotopic (exact) mass is 292 g/mol. The van der Waals surface area contributed by atoms with Crippen molar-refractivity contribution in [1.29, 1.82) is 0 Å². The lowest BCUT2D eigenvalue weighted by Gasteiger charge is -2.04. The Morgan fingerprint density at radius 3 is 2.35 bits per heavy atom. The average molecular weight is 293 g/mol. The minimum atomic E-state index is 0.0179. The highest BCUT2D eigenvalue weighted by molar-refractivity contribution is 9.10. The number of furan rings is 1. The van der Waals surface area contributed by atoms with E-state index < -0.39 is 0 Å². The number of carbonyl (C=O) groups is 1. The fraction of sp³-hybridized carbons (Fsp3) is 0.214. The molecule has 0 atom stereocenters. The molecule has 88 valence electrons. The second-order valence-corrected chi connectivity index (χ2v) is 5.03. The van der Waals surface area contributed by atoms with Crippen LogP contribution in [0.4, 0.5) is 0 Å². The Labute approximate surface area is 109 Å². The van der Waals surface area contributed by atoms with Crippen molar-refractivity contribution in [3.05, 3.63) is 56.9 Å². The molecule has 0 N–H and O–H groups in total. The van der Waals surface area contributed by atoms with E-state index in [-0.39, 0.29) is 5.78 Å². The molecule has 1 aromatic carbocycles. The molecule has 0 amide bonds. The van der Waals surface area contributed by atoms with Crippen molar-refractivity contribution in [2.24, 2.45) is 0 Å². The number of carbonyl (C=O) groups excluding carboxylic acids is 1. The second kappa shape index (κ2) is 4.49. The van der Waals surface area contributed by atoms with Gasteiger partial charge in [-0.3, -0.25) is 4.79 Å². The van der Waals surface area contributed by atoms with E-state index in [0.29, 0.717) is 11.3 Å². The van der Waals surface area contributed by atoms with Crippen LogP contribution in [-0.2, 0) is 0 Å². The van der Waals surface area contributed by atoms with E-state index in [9.17, 15) is 4.79 Å². The molecule has 0 radical (unpaired) electrons. The van der Waals surface area contributed by atoms with Gasteiger partial charge < -0.3 is 4.42 Å². The molecule has 0 unspecified atom stereocenters. The van der Waals surface area contributed by atoms with Gasteiger partial charge in [0.15, 0.2) is 5.78 Å². The van der Waals surface area contributed by atoms with Crippen LogP contribution in [0.1, 0.15) is 33.0 Å². The summed E-state index contributed by atoms with van der Waals surface area (Å²) in [4.78, 5) is 12.3. The maximum Gasteiger partial charge on any atom is 0.196 e. The first-order chi connectivity index (χ1) is 7.99. The molecule has 0 aliphatic heterocycles. The summed E-state index contributed by atoms with van der Waals surface area (Å²) in [6.07, 6.45) is 0. The summed E-state index contributed by atoms with van der Waals surface area (Å²) in [7, 11) is 0. The van der Waals surface area contributed by atoms with Gasteiger partial charge >= 0.3 is 0 Å². The van der Waals surface area contributed by atoms with Crippen molar-refractivity contribution in [2.45, 2.75) is 20.8 Å². The van der Waals surface area contributed by atoms with Gasteiger partial charge in [0.1, 0.15) is 11.5 Å². The van der Waals surface area contributed by atoms with E-state index in [1.54, 1.807) is 6.07 Å². The van der Waals surface area contributed by atoms with Crippen molar-refractivity contribution in [3.8, 4) is 0 Å². The third-order valence-electron chi connectivity index (χ3n) is 2.72. The normalized spacial score (nSPS) is 10.6. The van der Waals surface area contributed by atoms with E-state index in [0.717, 1.165) is 21.4 Å². The number of hydrogen-bond acceptors (Lipinski definition) is 2. The average Bonchev–Trinajstić information content (AvgIpc) is 2.57. The van der Waals surface area contributed by atoms with E-state index in [2.05, 4.69) is 15.9 Å². The van der Waals surface area contributed by atoms with Crippen LogP contribution in [-0.4, -0.2) is 5.78 Å². The summed E-state index contributed by atoms with van der Waals surface area (Å²) in [5.74, 6) is 1.46. The number of benzene rings is 1. The van der Waals surface area contributed by atoms with Crippen LogP contribution in [0.3, 0.4) is 0 Å². The van der Waals surface area contributed by atoms with Crippen molar-refractivity contribution < 1.29 is 9.21 Å². The molecule has 0 saturated carbocycles. The highest BCUT2D eigenvalue weighted by Gasteiger charge is 2.17. The molecule has 0 aliphatic rings. The number of halogens is 1. The molecular weight excluding hydrogens is 280 g/mol. The molecule has 1 heterocycles. The first-order valence-corrected chi connectivity index (χ1v) is 6.16. The predicted molar refractivity (Wildman–Crippen MR) is 70.5 cm³/mol. The lowest BCUT2D eigenvalue weighted by molar-refractivity contribution is 0.103. The molecule has 2 rings (SSSR count). The van der Waals surface area contributed by atoms with Crippen LogP contribution >= 0.6 is 15.9 Å². The predicted octanol–water partition coefficient (Wildman–Crippen LogP) is 4.20. The zero-order chi connectivity index (χ0) is 12.6. The number of aryl methyl sites for hydroxylation is 3. The fourth-order valence-corrected chi connectivity index (χ4v) is 2.36. The Morgan fingerprint density at radius 2 is 1.82 bits per heavy atom. The van der Waals surface area contributed by atoms with Crippen molar-refractivity contribution in [2.75, 3.05) is 0 Å². The Bertz CT molecular complexity index is 582. The molecule has 2 nitrogen and oxygen atoms in total. The zero-order valence-corrected chi connectivity index (χ0v) is 11.6. The zero-order valence-electron chi connectivity index (χ0n) is 10.0. The second-order valence-electron chi connectivity index (χ2n) is 4.12. The molecule has 0 saturated heterocycles. The smallest absolute Gasteiger partial charge is 0.196 e. The topological polar surface area (TPSA) is 30.2 Å². The largest absolute Gasteiger partial charge is 0.466 e. The summed E-state index contributed by atoms with van der Waals surface area (Å²) in [6.45, 7) is 5.59. The number of ketones is 1. The summed E-state index contributed by atoms with van der Waals surface area (Å²) < 4.78 is 6.37. The molecule has 1 aromatic heterocycles. The summed E-state index contributed by atoms with van der Waals surface area (Å²) in [5.41, 5.74) is 2.33. The van der Waals surface area contributed by atoms with E-state index in [1.165, 1.54) is 0 Å². The molecular formula is C14H13BrO2. The van der Waals surface area contributed by atoms with E-state index in [1.807, 2.05) is 39.0 Å². The van der Waals surface area contributed by atoms with Crippen LogP contribution < -0.4 is 0 Å². The Kier molecular flexibility index (Phi) is 3.20. The van der Waals surface area contributed by atoms with Gasteiger partial charge in [-0.2, -0.15) is 0 Å². The van der Waals surface area contributed by atoms with Crippen molar-refractivity contribution >= 4 is 21.7 Å². The van der Waals surface area contributed by atoms with Crippen molar-refractivity contribution in [1.82, 2.24) is 0 Å². The highest BCUT2D eigenvalue weighted by atomic mass is 79.9. The maximum atomic E-state index is 12.3. The van der Waals surface area contributed by atoms with E-state index in [4.69, 9.17) is 4.42 Å². The van der Waals surface area contributed by atoms with Gasteiger partial charge in [-0.1, -0.05) is 15.9 Å². The molecule has 0 spiro atoms. The maximum absolute atomic E-state index is 12.3. The first kappa shape index (κ1) is 12.1. The summed E-state index contributed by atoms with van der Waals surface area (Å²) in [6, 6.07) is 7.45. The molecule has 17 heavy (non-hydrogen) atoms. The molecule has 2 aromatic rings. The van der Waals surface area contributed by atoms with Crippen LogP contribution in [0.5, 0.6) is 0 Å². The van der Waals surface area contributed by atoms with Crippen LogP contribution in [0.15, 0.2) is 33.2 Å². The fourth-order valence-electron chi connectivity index (χ4n) is 1.88. The quantitative estimate of drug-likeness (QED) is 0.777. The summed E-state index contributed by atoms with van der Waals surface area (Å²) in [5, 5.41) is 0. The van der Waals surface area contributed by atoms with Gasteiger partial charge in [0, 0.05) is 10.0 Å². The third kappa shape index (κ3) is 2.34. The van der Waals surface area contributed by atoms with Crippen LogP contribution in [0, 0.1) is 20.8 Å². The summed E-state index contributed by atoms with van der Waals surface area (Å²) >= 11 is 3.39. The minimum absolute atomic E-state index is 0.0179. The molecule has 0 aliphatic carbocycles. The van der Waals surface area contributed by atoms with Gasteiger partial charge in [-0.25, -0.2) is 0 Å². The van der Waals surface area contributed by atoms with Gasteiger partial charge in [0.2, 0.25) is 0 Å². The SMILES string of the molecule is Cc1cc(C(=O)c2ccc(Br)cc2C)c(C)o1. The molecule has 3 heteroatoms.